The average Bonchev–Trinajstić information content (AvgIpc) is 2.71. The van der Waals surface area contributed by atoms with E-state index in [0.717, 1.165) is 6.42 Å². The van der Waals surface area contributed by atoms with Crippen LogP contribution in [0.4, 0.5) is 4.79 Å². The fourth-order valence-electron chi connectivity index (χ4n) is 1.74. The van der Waals surface area contributed by atoms with E-state index >= 15 is 0 Å². The monoisotopic (exact) mass is 253 g/mol. The molecule has 2 amide bonds. The van der Waals surface area contributed by atoms with Crippen LogP contribution in [0.1, 0.15) is 33.6 Å². The Morgan fingerprint density at radius 2 is 2.17 bits per heavy atom. The predicted molar refractivity (Wildman–Crippen MR) is 65.6 cm³/mol. The van der Waals surface area contributed by atoms with Gasteiger partial charge in [-0.15, -0.1) is 0 Å². The highest BCUT2D eigenvalue weighted by molar-refractivity contribution is 5.82. The van der Waals surface area contributed by atoms with Crippen LogP contribution in [0.5, 0.6) is 0 Å². The number of hydrogen-bond acceptors (Lipinski definition) is 3. The molecule has 1 atom stereocenters. The molecule has 0 aliphatic carbocycles. The Kier molecular flexibility index (Phi) is 4.54. The third-order valence-corrected chi connectivity index (χ3v) is 2.47. The largest absolute Gasteiger partial charge is 0.444 e. The Morgan fingerprint density at radius 3 is 2.72 bits per heavy atom. The molecular weight excluding hydrogens is 234 g/mol. The van der Waals surface area contributed by atoms with Gasteiger partial charge in [-0.3, -0.25) is 14.5 Å². The molecule has 1 fully saturated rings. The summed E-state index contributed by atoms with van der Waals surface area (Å²) in [5.41, 5.74) is -0.584. The molecule has 0 saturated carbocycles. The van der Waals surface area contributed by atoms with Crippen molar-refractivity contribution >= 4 is 12.0 Å². The summed E-state index contributed by atoms with van der Waals surface area (Å²) < 4.78 is 5.02. The predicted octanol–water partition coefficient (Wildman–Crippen LogP) is 1.38. The SMILES string of the molecule is [C-]#[N+][C@@H]1CCCN1C(=O)CNC(=O)OC(C)(C)C. The zero-order chi connectivity index (χ0) is 13.8. The first-order valence-electron chi connectivity index (χ1n) is 5.96. The molecular formula is C12H19N3O3. The molecule has 1 N–H and O–H groups in total. The molecule has 0 aromatic heterocycles. The van der Waals surface area contributed by atoms with E-state index in [0.29, 0.717) is 13.0 Å². The molecule has 1 aliphatic heterocycles. The second-order valence-electron chi connectivity index (χ2n) is 5.19. The van der Waals surface area contributed by atoms with Crippen LogP contribution in [0.3, 0.4) is 0 Å². The summed E-state index contributed by atoms with van der Waals surface area (Å²) in [6.07, 6.45) is 0.555. The van der Waals surface area contributed by atoms with Crippen molar-refractivity contribution in [2.24, 2.45) is 0 Å². The molecule has 6 nitrogen and oxygen atoms in total. The average molecular weight is 253 g/mol. The maximum atomic E-state index is 11.8. The van der Waals surface area contributed by atoms with Crippen molar-refractivity contribution in [1.82, 2.24) is 10.2 Å². The lowest BCUT2D eigenvalue weighted by molar-refractivity contribution is -0.130. The van der Waals surface area contributed by atoms with Gasteiger partial charge in [-0.25, -0.2) is 11.4 Å². The number of carbonyl (C=O) groups excluding carboxylic acids is 2. The minimum atomic E-state index is -0.616. The van der Waals surface area contributed by atoms with Crippen molar-refractivity contribution in [3.8, 4) is 0 Å². The summed E-state index contributed by atoms with van der Waals surface area (Å²) in [4.78, 5) is 28.1. The first-order valence-corrected chi connectivity index (χ1v) is 5.96. The number of nitrogens with zero attached hydrogens (tertiary/aromatic N) is 2. The van der Waals surface area contributed by atoms with Crippen molar-refractivity contribution in [3.05, 3.63) is 11.4 Å². The topological polar surface area (TPSA) is 63.0 Å². The Balaban J connectivity index is 2.38. The van der Waals surface area contributed by atoms with Gasteiger partial charge in [-0.1, -0.05) is 0 Å². The minimum absolute atomic E-state index is 0.124. The molecule has 1 heterocycles. The van der Waals surface area contributed by atoms with E-state index in [4.69, 9.17) is 11.3 Å². The van der Waals surface area contributed by atoms with Gasteiger partial charge in [0.15, 0.2) is 0 Å². The van der Waals surface area contributed by atoms with Crippen LogP contribution in [0.25, 0.3) is 4.85 Å². The van der Waals surface area contributed by atoms with E-state index in [2.05, 4.69) is 10.2 Å². The van der Waals surface area contributed by atoms with Gasteiger partial charge >= 0.3 is 12.3 Å². The van der Waals surface area contributed by atoms with Gasteiger partial charge in [0.2, 0.25) is 5.91 Å². The summed E-state index contributed by atoms with van der Waals surface area (Å²) in [5, 5.41) is 2.41. The number of nitrogens with one attached hydrogen (secondary N) is 1. The smallest absolute Gasteiger partial charge is 0.408 e. The van der Waals surface area contributed by atoms with Gasteiger partial charge in [-0.05, 0) is 27.2 Å². The van der Waals surface area contributed by atoms with Gasteiger partial charge in [-0.2, -0.15) is 0 Å². The standard InChI is InChI=1S/C12H19N3O3/c1-12(2,3)18-11(17)14-8-10(16)15-7-5-6-9(15)13-4/h9H,5-8H2,1-3H3,(H,14,17)/t9-/m0/s1. The highest BCUT2D eigenvalue weighted by atomic mass is 16.6. The molecule has 18 heavy (non-hydrogen) atoms. The van der Waals surface area contributed by atoms with Gasteiger partial charge in [0.05, 0.1) is 0 Å². The van der Waals surface area contributed by atoms with Crippen molar-refractivity contribution in [1.29, 1.82) is 0 Å². The molecule has 6 heteroatoms. The van der Waals surface area contributed by atoms with Gasteiger partial charge in [0.25, 0.3) is 0 Å². The van der Waals surface area contributed by atoms with Crippen LogP contribution >= 0.6 is 0 Å². The quantitative estimate of drug-likeness (QED) is 0.756. The number of ether oxygens (including phenoxy) is 1. The van der Waals surface area contributed by atoms with Crippen molar-refractivity contribution in [2.75, 3.05) is 13.1 Å². The second kappa shape index (κ2) is 5.71. The van der Waals surface area contributed by atoms with E-state index in [1.165, 1.54) is 4.90 Å². The first-order chi connectivity index (χ1) is 8.33. The number of carbonyl (C=O) groups is 2. The Hall–Kier alpha value is -1.77. The van der Waals surface area contributed by atoms with Crippen molar-refractivity contribution in [2.45, 2.75) is 45.4 Å². The Morgan fingerprint density at radius 1 is 1.50 bits per heavy atom. The molecule has 0 unspecified atom stereocenters. The van der Waals surface area contributed by atoms with Crippen LogP contribution in [0, 0.1) is 6.57 Å². The lowest BCUT2D eigenvalue weighted by atomic mass is 10.2. The van der Waals surface area contributed by atoms with E-state index in [9.17, 15) is 9.59 Å². The molecule has 0 spiro atoms. The summed E-state index contributed by atoms with van der Waals surface area (Å²) in [6, 6.07) is 0. The van der Waals surface area contributed by atoms with Gasteiger partial charge < -0.3 is 10.1 Å². The van der Waals surface area contributed by atoms with Crippen LogP contribution in [-0.4, -0.2) is 41.8 Å². The zero-order valence-electron chi connectivity index (χ0n) is 11.0. The molecule has 0 aromatic carbocycles. The number of amides is 2. The fourth-order valence-corrected chi connectivity index (χ4v) is 1.74. The molecule has 1 saturated heterocycles. The molecule has 1 aliphatic rings. The Bertz CT molecular complexity index is 368. The summed E-state index contributed by atoms with van der Waals surface area (Å²) in [7, 11) is 0. The summed E-state index contributed by atoms with van der Waals surface area (Å²) in [6.45, 7) is 12.7. The molecule has 0 radical (unpaired) electrons. The third-order valence-electron chi connectivity index (χ3n) is 2.47. The molecule has 100 valence electrons. The number of hydrogen-bond donors (Lipinski definition) is 1. The first kappa shape index (κ1) is 14.3. The zero-order valence-corrected chi connectivity index (χ0v) is 11.0. The maximum absolute atomic E-state index is 11.8. The number of alkyl carbamates (subject to hydrolysis) is 1. The second-order valence-corrected chi connectivity index (χ2v) is 5.19. The lowest BCUT2D eigenvalue weighted by Crippen LogP contribution is -2.43. The van der Waals surface area contributed by atoms with Crippen molar-refractivity contribution in [3.63, 3.8) is 0 Å². The van der Waals surface area contributed by atoms with Gasteiger partial charge in [0, 0.05) is 13.0 Å². The minimum Gasteiger partial charge on any atom is -0.444 e. The summed E-state index contributed by atoms with van der Waals surface area (Å²) in [5.74, 6) is -0.237. The van der Waals surface area contributed by atoms with E-state index in [1.807, 2.05) is 0 Å². The van der Waals surface area contributed by atoms with Crippen LogP contribution in [0.15, 0.2) is 0 Å². The highest BCUT2D eigenvalue weighted by Gasteiger charge is 2.32. The van der Waals surface area contributed by atoms with Crippen LogP contribution < -0.4 is 5.32 Å². The number of rotatable bonds is 2. The van der Waals surface area contributed by atoms with Crippen LogP contribution in [0.2, 0.25) is 0 Å². The Labute approximate surface area is 107 Å². The normalized spacial score (nSPS) is 19.2. The maximum Gasteiger partial charge on any atom is 0.408 e. The van der Waals surface area contributed by atoms with E-state index in [1.54, 1.807) is 20.8 Å². The lowest BCUT2D eigenvalue weighted by Gasteiger charge is -2.20. The molecule has 1 rings (SSSR count). The van der Waals surface area contributed by atoms with Gasteiger partial charge in [0.1, 0.15) is 12.1 Å². The number of likely N-dealkylation sites (tertiary alicyclic amines) is 1. The molecule has 0 aromatic rings. The van der Waals surface area contributed by atoms with Crippen molar-refractivity contribution < 1.29 is 14.3 Å². The summed E-state index contributed by atoms with van der Waals surface area (Å²) >= 11 is 0. The van der Waals surface area contributed by atoms with E-state index in [-0.39, 0.29) is 18.6 Å². The molecule has 0 bridgehead atoms. The fraction of sp³-hybridized carbons (Fsp3) is 0.750. The van der Waals surface area contributed by atoms with E-state index < -0.39 is 11.7 Å². The third kappa shape index (κ3) is 4.24. The highest BCUT2D eigenvalue weighted by Crippen LogP contribution is 2.17. The van der Waals surface area contributed by atoms with Crippen LogP contribution in [-0.2, 0) is 9.53 Å².